The zero-order valence-corrected chi connectivity index (χ0v) is 11.3. The Hall–Kier alpha value is -1.76. The summed E-state index contributed by atoms with van der Waals surface area (Å²) < 4.78 is 42.7. The third-order valence-electron chi connectivity index (χ3n) is 2.74. The van der Waals surface area contributed by atoms with Gasteiger partial charge in [0.05, 0.1) is 5.75 Å². The largest absolute Gasteiger partial charge is 0.338 e. The molecule has 0 fully saturated rings. The van der Waals surface area contributed by atoms with Gasteiger partial charge >= 0.3 is 0 Å². The van der Waals surface area contributed by atoms with Crippen molar-refractivity contribution in [1.82, 2.24) is 10.1 Å². The van der Waals surface area contributed by atoms with Crippen molar-refractivity contribution in [3.8, 4) is 0 Å². The summed E-state index contributed by atoms with van der Waals surface area (Å²) in [5.74, 6) is -0.556. The molecule has 0 bridgehead atoms. The Morgan fingerprint density at radius 3 is 2.63 bits per heavy atom. The number of aryl methyl sites for hydroxylation is 1. The van der Waals surface area contributed by atoms with Crippen LogP contribution in [0.3, 0.4) is 0 Å². The van der Waals surface area contributed by atoms with Crippen molar-refractivity contribution < 1.29 is 17.3 Å². The van der Waals surface area contributed by atoms with E-state index in [2.05, 4.69) is 10.1 Å². The molecule has 1 unspecified atom stereocenters. The molecule has 0 aliphatic carbocycles. The van der Waals surface area contributed by atoms with Crippen molar-refractivity contribution >= 4 is 9.84 Å². The summed E-state index contributed by atoms with van der Waals surface area (Å²) in [7, 11) is -3.61. The van der Waals surface area contributed by atoms with Gasteiger partial charge in [-0.2, -0.15) is 4.98 Å². The fourth-order valence-electron chi connectivity index (χ4n) is 1.59. The molecule has 0 spiro atoms. The Morgan fingerprint density at radius 2 is 2.05 bits per heavy atom. The maximum absolute atomic E-state index is 13.5. The molecule has 7 heteroatoms. The molecule has 5 nitrogen and oxygen atoms in total. The minimum Gasteiger partial charge on any atom is -0.338 e. The van der Waals surface area contributed by atoms with Crippen LogP contribution in [0.1, 0.15) is 29.5 Å². The lowest BCUT2D eigenvalue weighted by Crippen LogP contribution is -2.14. The Kier molecular flexibility index (Phi) is 3.66. The smallest absolute Gasteiger partial charge is 0.244 e. The number of halogens is 1. The Morgan fingerprint density at radius 1 is 1.37 bits per heavy atom. The number of aromatic nitrogens is 2. The molecular formula is C12H13FN2O3S. The van der Waals surface area contributed by atoms with Gasteiger partial charge in [0.15, 0.2) is 15.7 Å². The Labute approximate surface area is 110 Å². The Bertz CT molecular complexity index is 682. The van der Waals surface area contributed by atoms with Crippen LogP contribution in [0.15, 0.2) is 28.8 Å². The number of benzene rings is 1. The molecule has 102 valence electrons. The van der Waals surface area contributed by atoms with Crippen LogP contribution in [0, 0.1) is 12.7 Å². The van der Waals surface area contributed by atoms with E-state index in [-0.39, 0.29) is 11.5 Å². The summed E-state index contributed by atoms with van der Waals surface area (Å²) in [5, 5.41) is 2.59. The molecule has 0 saturated carbocycles. The van der Waals surface area contributed by atoms with E-state index in [4.69, 9.17) is 4.52 Å². The number of hydrogen-bond donors (Lipinski definition) is 0. The molecule has 0 amide bonds. The van der Waals surface area contributed by atoms with E-state index < -0.39 is 26.7 Å². The molecule has 0 aliphatic rings. The highest BCUT2D eigenvalue weighted by Crippen LogP contribution is 2.24. The molecule has 19 heavy (non-hydrogen) atoms. The van der Waals surface area contributed by atoms with Gasteiger partial charge < -0.3 is 4.52 Å². The van der Waals surface area contributed by atoms with Crippen LogP contribution < -0.4 is 0 Å². The summed E-state index contributed by atoms with van der Waals surface area (Å²) in [6, 6.07) is 5.77. The molecule has 0 aliphatic heterocycles. The molecule has 2 aromatic rings. The van der Waals surface area contributed by atoms with Gasteiger partial charge in [0, 0.05) is 5.56 Å². The van der Waals surface area contributed by atoms with Gasteiger partial charge in [0.1, 0.15) is 11.1 Å². The minimum atomic E-state index is -3.61. The number of nitrogens with zero attached hydrogens (tertiary/aromatic N) is 2. The van der Waals surface area contributed by atoms with Crippen molar-refractivity contribution in [1.29, 1.82) is 0 Å². The highest BCUT2D eigenvalue weighted by atomic mass is 32.2. The minimum absolute atomic E-state index is 0.0221. The summed E-state index contributed by atoms with van der Waals surface area (Å²) in [4.78, 5) is 3.89. The zero-order chi connectivity index (χ0) is 14.0. The predicted molar refractivity (Wildman–Crippen MR) is 66.5 cm³/mol. The molecule has 1 atom stereocenters. The second-order valence-corrected chi connectivity index (χ2v) is 6.54. The Balaban J connectivity index is 2.26. The zero-order valence-electron chi connectivity index (χ0n) is 10.5. The normalized spacial score (nSPS) is 13.4. The van der Waals surface area contributed by atoms with Crippen molar-refractivity contribution in [2.75, 3.05) is 0 Å². The van der Waals surface area contributed by atoms with Gasteiger partial charge in [-0.05, 0) is 19.9 Å². The second kappa shape index (κ2) is 5.08. The monoisotopic (exact) mass is 284 g/mol. The van der Waals surface area contributed by atoms with Crippen LogP contribution in [-0.2, 0) is 15.6 Å². The molecule has 0 radical (unpaired) electrons. The van der Waals surface area contributed by atoms with Crippen LogP contribution in [-0.4, -0.2) is 18.6 Å². The number of rotatable bonds is 4. The first-order valence-electron chi connectivity index (χ1n) is 5.65. The average molecular weight is 284 g/mol. The van der Waals surface area contributed by atoms with Gasteiger partial charge in [-0.25, -0.2) is 12.8 Å². The third-order valence-corrected chi connectivity index (χ3v) is 4.74. The first-order valence-corrected chi connectivity index (χ1v) is 7.37. The van der Waals surface area contributed by atoms with E-state index in [0.717, 1.165) is 0 Å². The summed E-state index contributed by atoms with van der Waals surface area (Å²) in [6.45, 7) is 3.05. The van der Waals surface area contributed by atoms with Crippen molar-refractivity contribution in [3.63, 3.8) is 0 Å². The molecular weight excluding hydrogens is 271 g/mol. The summed E-state index contributed by atoms with van der Waals surface area (Å²) >= 11 is 0. The fraction of sp³-hybridized carbons (Fsp3) is 0.333. The van der Waals surface area contributed by atoms with Crippen molar-refractivity contribution in [2.24, 2.45) is 0 Å². The van der Waals surface area contributed by atoms with Gasteiger partial charge in [0.2, 0.25) is 5.89 Å². The molecule has 1 heterocycles. The third kappa shape index (κ3) is 2.98. The molecule has 2 rings (SSSR count). The molecule has 0 saturated heterocycles. The van der Waals surface area contributed by atoms with Crippen LogP contribution in [0.4, 0.5) is 4.39 Å². The van der Waals surface area contributed by atoms with Crippen molar-refractivity contribution in [2.45, 2.75) is 24.9 Å². The fourth-order valence-corrected chi connectivity index (χ4v) is 2.91. The first kappa shape index (κ1) is 13.7. The molecule has 1 aromatic heterocycles. The van der Waals surface area contributed by atoms with E-state index in [1.165, 1.54) is 25.1 Å². The van der Waals surface area contributed by atoms with Crippen LogP contribution >= 0.6 is 0 Å². The summed E-state index contributed by atoms with van der Waals surface area (Å²) in [5.41, 5.74) is 0.130. The van der Waals surface area contributed by atoms with Gasteiger partial charge in [-0.3, -0.25) is 0 Å². The first-order chi connectivity index (χ1) is 8.90. The van der Waals surface area contributed by atoms with Gasteiger partial charge in [0.25, 0.3) is 0 Å². The maximum atomic E-state index is 13.5. The van der Waals surface area contributed by atoms with E-state index in [1.807, 2.05) is 0 Å². The lowest BCUT2D eigenvalue weighted by molar-refractivity contribution is 0.373. The quantitative estimate of drug-likeness (QED) is 0.860. The predicted octanol–water partition coefficient (Wildman–Crippen LogP) is 2.19. The number of hydrogen-bond acceptors (Lipinski definition) is 5. The SMILES string of the molecule is Cc1noc(C(C)S(=O)(=O)Cc2ccccc2F)n1. The topological polar surface area (TPSA) is 73.1 Å². The van der Waals surface area contributed by atoms with E-state index >= 15 is 0 Å². The lowest BCUT2D eigenvalue weighted by Gasteiger charge is -2.09. The maximum Gasteiger partial charge on any atom is 0.244 e. The van der Waals surface area contributed by atoms with Gasteiger partial charge in [-0.1, -0.05) is 23.4 Å². The number of sulfone groups is 1. The van der Waals surface area contributed by atoms with E-state index in [9.17, 15) is 12.8 Å². The summed E-state index contributed by atoms with van der Waals surface area (Å²) in [6.07, 6.45) is 0. The second-order valence-electron chi connectivity index (χ2n) is 4.22. The van der Waals surface area contributed by atoms with Crippen LogP contribution in [0.25, 0.3) is 0 Å². The van der Waals surface area contributed by atoms with Gasteiger partial charge in [-0.15, -0.1) is 0 Å². The van der Waals surface area contributed by atoms with Crippen LogP contribution in [0.5, 0.6) is 0 Å². The van der Waals surface area contributed by atoms with Crippen LogP contribution in [0.2, 0.25) is 0 Å². The standard InChI is InChI=1S/C12H13FN2O3S/c1-8(12-14-9(2)15-18-12)19(16,17)7-10-5-3-4-6-11(10)13/h3-6,8H,7H2,1-2H3. The molecule has 0 N–H and O–H groups in total. The van der Waals surface area contributed by atoms with Crippen molar-refractivity contribution in [3.05, 3.63) is 47.4 Å². The van der Waals surface area contributed by atoms with E-state index in [1.54, 1.807) is 13.0 Å². The highest BCUT2D eigenvalue weighted by molar-refractivity contribution is 7.90. The average Bonchev–Trinajstić information content (AvgIpc) is 2.77. The van der Waals surface area contributed by atoms with E-state index in [0.29, 0.717) is 5.82 Å². The highest BCUT2D eigenvalue weighted by Gasteiger charge is 2.28. The lowest BCUT2D eigenvalue weighted by atomic mass is 10.2. The molecule has 1 aromatic carbocycles.